The number of anilines is 1. The average Bonchev–Trinajstić information content (AvgIpc) is 3.02. The number of nitrogens with zero attached hydrogens (tertiary/aromatic N) is 1. The van der Waals surface area contributed by atoms with Crippen LogP contribution in [0.1, 0.15) is 17.5 Å². The summed E-state index contributed by atoms with van der Waals surface area (Å²) >= 11 is 0. The Hall–Kier alpha value is -2.66. The third kappa shape index (κ3) is 2.49. The van der Waals surface area contributed by atoms with Gasteiger partial charge in [0.25, 0.3) is 5.91 Å². The summed E-state index contributed by atoms with van der Waals surface area (Å²) in [5.74, 6) is -0.356. The summed E-state index contributed by atoms with van der Waals surface area (Å²) in [6, 6.07) is 13.4. The van der Waals surface area contributed by atoms with Gasteiger partial charge in [0.05, 0.1) is 17.4 Å². The highest BCUT2D eigenvalue weighted by molar-refractivity contribution is 5.98. The number of carbonyl (C=O) groups excluding carboxylic acids is 1. The van der Waals surface area contributed by atoms with Crippen molar-refractivity contribution in [3.05, 3.63) is 59.9 Å². The van der Waals surface area contributed by atoms with E-state index in [0.717, 1.165) is 16.6 Å². The van der Waals surface area contributed by atoms with Gasteiger partial charge in [-0.2, -0.15) is 0 Å². The second kappa shape index (κ2) is 5.21. The SMILES string of the molecule is O=C(Nc1ccc2nc[nH]c2c1)C1(O)CCc2ccccc2C1. The van der Waals surface area contributed by atoms with E-state index in [0.29, 0.717) is 24.9 Å². The molecule has 1 aliphatic rings. The van der Waals surface area contributed by atoms with Gasteiger partial charge in [0, 0.05) is 12.1 Å². The van der Waals surface area contributed by atoms with Crippen LogP contribution in [0.4, 0.5) is 5.69 Å². The van der Waals surface area contributed by atoms with Crippen molar-refractivity contribution < 1.29 is 9.90 Å². The van der Waals surface area contributed by atoms with E-state index in [2.05, 4.69) is 21.4 Å². The Kier molecular flexibility index (Phi) is 3.16. The number of hydrogen-bond acceptors (Lipinski definition) is 3. The van der Waals surface area contributed by atoms with E-state index < -0.39 is 5.60 Å². The summed E-state index contributed by atoms with van der Waals surface area (Å²) in [5, 5.41) is 13.6. The number of carbonyl (C=O) groups is 1. The van der Waals surface area contributed by atoms with Crippen LogP contribution in [0.2, 0.25) is 0 Å². The monoisotopic (exact) mass is 307 g/mol. The molecule has 0 radical (unpaired) electrons. The number of aromatic nitrogens is 2. The zero-order valence-electron chi connectivity index (χ0n) is 12.5. The molecule has 23 heavy (non-hydrogen) atoms. The van der Waals surface area contributed by atoms with Crippen LogP contribution < -0.4 is 5.32 Å². The first-order valence-corrected chi connectivity index (χ1v) is 7.68. The molecule has 2 aromatic carbocycles. The van der Waals surface area contributed by atoms with Crippen molar-refractivity contribution in [3.63, 3.8) is 0 Å². The van der Waals surface area contributed by atoms with Crippen LogP contribution in [-0.4, -0.2) is 26.6 Å². The molecule has 1 unspecified atom stereocenters. The molecular formula is C18H17N3O2. The van der Waals surface area contributed by atoms with Crippen molar-refractivity contribution in [2.45, 2.75) is 24.9 Å². The molecule has 0 saturated heterocycles. The Balaban J connectivity index is 1.56. The maximum atomic E-state index is 12.6. The highest BCUT2D eigenvalue weighted by atomic mass is 16.3. The van der Waals surface area contributed by atoms with E-state index in [4.69, 9.17) is 0 Å². The Bertz CT molecular complexity index is 887. The highest BCUT2D eigenvalue weighted by Gasteiger charge is 2.39. The number of aryl methyl sites for hydroxylation is 1. The van der Waals surface area contributed by atoms with Crippen molar-refractivity contribution in [2.75, 3.05) is 5.32 Å². The summed E-state index contributed by atoms with van der Waals surface area (Å²) in [6.07, 6.45) is 3.10. The first-order chi connectivity index (χ1) is 11.1. The lowest BCUT2D eigenvalue weighted by atomic mass is 9.80. The summed E-state index contributed by atoms with van der Waals surface area (Å²) in [5.41, 5.74) is 3.23. The Morgan fingerprint density at radius 3 is 2.91 bits per heavy atom. The Labute approximate surface area is 133 Å². The largest absolute Gasteiger partial charge is 0.380 e. The molecule has 1 aliphatic carbocycles. The standard InChI is InChI=1S/C18H17N3O2/c22-17(21-14-5-6-15-16(9-14)20-11-19-15)18(23)8-7-12-3-1-2-4-13(12)10-18/h1-6,9,11,23H,7-8,10H2,(H,19,20)(H,21,22). The quantitative estimate of drug-likeness (QED) is 0.680. The molecule has 3 N–H and O–H groups in total. The van der Waals surface area contributed by atoms with Gasteiger partial charge in [-0.15, -0.1) is 0 Å². The van der Waals surface area contributed by atoms with Crippen LogP contribution in [0.25, 0.3) is 11.0 Å². The molecule has 0 fully saturated rings. The van der Waals surface area contributed by atoms with Crippen molar-refractivity contribution >= 4 is 22.6 Å². The minimum Gasteiger partial charge on any atom is -0.380 e. The minimum atomic E-state index is -1.36. The lowest BCUT2D eigenvalue weighted by Gasteiger charge is -2.32. The summed E-state index contributed by atoms with van der Waals surface area (Å²) in [4.78, 5) is 19.7. The van der Waals surface area contributed by atoms with Gasteiger partial charge >= 0.3 is 0 Å². The first-order valence-electron chi connectivity index (χ1n) is 7.68. The predicted molar refractivity (Wildman–Crippen MR) is 88.1 cm³/mol. The maximum Gasteiger partial charge on any atom is 0.256 e. The molecule has 116 valence electrons. The van der Waals surface area contributed by atoms with Crippen molar-refractivity contribution in [1.29, 1.82) is 0 Å². The van der Waals surface area contributed by atoms with Gasteiger partial charge in [-0.05, 0) is 42.2 Å². The fourth-order valence-corrected chi connectivity index (χ4v) is 3.17. The molecule has 0 saturated carbocycles. The lowest BCUT2D eigenvalue weighted by Crippen LogP contribution is -2.47. The number of H-pyrrole nitrogens is 1. The molecule has 1 amide bonds. The summed E-state index contributed by atoms with van der Waals surface area (Å²) in [7, 11) is 0. The molecule has 4 rings (SSSR count). The second-order valence-electron chi connectivity index (χ2n) is 6.07. The normalized spacial score (nSPS) is 20.2. The molecule has 0 spiro atoms. The van der Waals surface area contributed by atoms with E-state index in [9.17, 15) is 9.90 Å². The second-order valence-corrected chi connectivity index (χ2v) is 6.07. The molecular weight excluding hydrogens is 290 g/mol. The molecule has 1 atom stereocenters. The lowest BCUT2D eigenvalue weighted by molar-refractivity contribution is -0.135. The Morgan fingerprint density at radius 2 is 2.04 bits per heavy atom. The van der Waals surface area contributed by atoms with E-state index >= 15 is 0 Å². The molecule has 0 aliphatic heterocycles. The third-order valence-corrected chi connectivity index (χ3v) is 4.51. The number of fused-ring (bicyclic) bond motifs is 2. The Morgan fingerprint density at radius 1 is 1.22 bits per heavy atom. The summed E-state index contributed by atoms with van der Waals surface area (Å²) in [6.45, 7) is 0. The van der Waals surface area contributed by atoms with Crippen LogP contribution >= 0.6 is 0 Å². The van der Waals surface area contributed by atoms with Gasteiger partial charge in [-0.1, -0.05) is 24.3 Å². The molecule has 5 heteroatoms. The van der Waals surface area contributed by atoms with Crippen LogP contribution in [0, 0.1) is 0 Å². The van der Waals surface area contributed by atoms with Crippen LogP contribution in [0.3, 0.4) is 0 Å². The maximum absolute atomic E-state index is 12.6. The van der Waals surface area contributed by atoms with Gasteiger partial charge in [0.15, 0.2) is 0 Å². The smallest absolute Gasteiger partial charge is 0.256 e. The zero-order chi connectivity index (χ0) is 15.9. The van der Waals surface area contributed by atoms with Gasteiger partial charge in [0.2, 0.25) is 0 Å². The number of aromatic amines is 1. The number of aliphatic hydroxyl groups is 1. The predicted octanol–water partition coefficient (Wildman–Crippen LogP) is 2.42. The molecule has 0 bridgehead atoms. The van der Waals surface area contributed by atoms with E-state index in [1.807, 2.05) is 30.3 Å². The molecule has 5 nitrogen and oxygen atoms in total. The third-order valence-electron chi connectivity index (χ3n) is 4.51. The number of nitrogens with one attached hydrogen (secondary N) is 2. The highest BCUT2D eigenvalue weighted by Crippen LogP contribution is 2.30. The number of amides is 1. The minimum absolute atomic E-state index is 0.349. The first kappa shape index (κ1) is 14.0. The molecule has 1 aromatic heterocycles. The van der Waals surface area contributed by atoms with E-state index in [1.165, 1.54) is 5.56 Å². The van der Waals surface area contributed by atoms with Gasteiger partial charge < -0.3 is 15.4 Å². The fourth-order valence-electron chi connectivity index (χ4n) is 3.17. The van der Waals surface area contributed by atoms with Gasteiger partial charge in [0.1, 0.15) is 5.60 Å². The van der Waals surface area contributed by atoms with E-state index in [1.54, 1.807) is 12.4 Å². The topological polar surface area (TPSA) is 78.0 Å². The number of benzene rings is 2. The number of imidazole rings is 1. The number of hydrogen-bond donors (Lipinski definition) is 3. The molecule has 3 aromatic rings. The van der Waals surface area contributed by atoms with Crippen molar-refractivity contribution in [3.8, 4) is 0 Å². The van der Waals surface area contributed by atoms with E-state index in [-0.39, 0.29) is 5.91 Å². The number of rotatable bonds is 2. The fraction of sp³-hybridized carbons (Fsp3) is 0.222. The van der Waals surface area contributed by atoms with Crippen LogP contribution in [0.5, 0.6) is 0 Å². The van der Waals surface area contributed by atoms with Gasteiger partial charge in [-0.25, -0.2) is 4.98 Å². The zero-order valence-corrected chi connectivity index (χ0v) is 12.5. The van der Waals surface area contributed by atoms with Gasteiger partial charge in [-0.3, -0.25) is 4.79 Å². The van der Waals surface area contributed by atoms with Crippen LogP contribution in [0.15, 0.2) is 48.8 Å². The van der Waals surface area contributed by atoms with Crippen LogP contribution in [-0.2, 0) is 17.6 Å². The van der Waals surface area contributed by atoms with Crippen molar-refractivity contribution in [2.24, 2.45) is 0 Å². The van der Waals surface area contributed by atoms with Crippen molar-refractivity contribution in [1.82, 2.24) is 9.97 Å². The summed E-state index contributed by atoms with van der Waals surface area (Å²) < 4.78 is 0. The average molecular weight is 307 g/mol. The molecule has 1 heterocycles.